The van der Waals surface area contributed by atoms with Gasteiger partial charge in [-0.25, -0.2) is 4.98 Å². The van der Waals surface area contributed by atoms with Crippen molar-refractivity contribution in [3.05, 3.63) is 35.3 Å². The Kier molecular flexibility index (Phi) is 3.42. The second-order valence-electron chi connectivity index (χ2n) is 4.62. The van der Waals surface area contributed by atoms with Gasteiger partial charge in [0.2, 0.25) is 0 Å². The largest absolute Gasteiger partial charge is 0.497 e. The van der Waals surface area contributed by atoms with Gasteiger partial charge in [0.1, 0.15) is 15.6 Å². The minimum Gasteiger partial charge on any atom is -0.497 e. The number of hydrogen-bond donors (Lipinski definition) is 1. The second kappa shape index (κ2) is 5.22. The average molecular weight is 290 g/mol. The number of aliphatic hydroxyl groups is 1. The number of hydrogen-bond acceptors (Lipinski definition) is 5. The highest BCUT2D eigenvalue weighted by molar-refractivity contribution is 7.16. The first-order valence-corrected chi connectivity index (χ1v) is 7.06. The maximum absolute atomic E-state index is 12.1. The number of carbonyl (C=O) groups excluding carboxylic acids is 1. The van der Waals surface area contributed by atoms with Crippen LogP contribution in [0, 0.1) is 0 Å². The van der Waals surface area contributed by atoms with E-state index in [2.05, 4.69) is 4.98 Å². The normalized spacial score (nSPS) is 15.0. The van der Waals surface area contributed by atoms with Crippen molar-refractivity contribution in [2.24, 2.45) is 0 Å². The fourth-order valence-electron chi connectivity index (χ4n) is 2.02. The van der Waals surface area contributed by atoms with E-state index in [1.165, 1.54) is 11.3 Å². The molecule has 3 rings (SSSR count). The maximum Gasteiger partial charge on any atom is 0.265 e. The number of carbonyl (C=O) groups is 1. The van der Waals surface area contributed by atoms with Crippen LogP contribution in [0.3, 0.4) is 0 Å². The molecule has 0 radical (unpaired) electrons. The van der Waals surface area contributed by atoms with Crippen molar-refractivity contribution >= 4 is 17.2 Å². The fraction of sp³-hybridized carbons (Fsp3) is 0.286. The third kappa shape index (κ3) is 2.39. The van der Waals surface area contributed by atoms with E-state index in [1.807, 2.05) is 24.3 Å². The number of methoxy groups -OCH3 is 1. The monoisotopic (exact) mass is 290 g/mol. The van der Waals surface area contributed by atoms with Crippen molar-refractivity contribution in [2.45, 2.75) is 6.10 Å². The van der Waals surface area contributed by atoms with E-state index in [1.54, 1.807) is 18.2 Å². The van der Waals surface area contributed by atoms with Gasteiger partial charge in [0.15, 0.2) is 0 Å². The number of amides is 1. The Labute approximate surface area is 120 Å². The van der Waals surface area contributed by atoms with Crippen molar-refractivity contribution < 1.29 is 14.6 Å². The van der Waals surface area contributed by atoms with Gasteiger partial charge in [-0.15, -0.1) is 11.3 Å². The first kappa shape index (κ1) is 13.1. The molecule has 20 heavy (non-hydrogen) atoms. The van der Waals surface area contributed by atoms with Crippen LogP contribution in [-0.2, 0) is 0 Å². The molecule has 1 aromatic heterocycles. The summed E-state index contributed by atoms with van der Waals surface area (Å²) in [6.07, 6.45) is 1.21. The zero-order valence-electron chi connectivity index (χ0n) is 10.9. The Balaban J connectivity index is 1.77. The van der Waals surface area contributed by atoms with Crippen molar-refractivity contribution in [1.82, 2.24) is 9.88 Å². The van der Waals surface area contributed by atoms with Crippen molar-refractivity contribution in [1.29, 1.82) is 0 Å². The van der Waals surface area contributed by atoms with E-state index in [0.29, 0.717) is 18.0 Å². The lowest BCUT2D eigenvalue weighted by atomic mass is 10.1. The van der Waals surface area contributed by atoms with Gasteiger partial charge in [0, 0.05) is 18.7 Å². The van der Waals surface area contributed by atoms with Crippen LogP contribution in [0.1, 0.15) is 9.67 Å². The van der Waals surface area contributed by atoms with Gasteiger partial charge in [-0.05, 0) is 24.3 Å². The summed E-state index contributed by atoms with van der Waals surface area (Å²) in [6, 6.07) is 7.56. The summed E-state index contributed by atoms with van der Waals surface area (Å²) < 4.78 is 5.11. The average Bonchev–Trinajstić information content (AvgIpc) is 2.93. The summed E-state index contributed by atoms with van der Waals surface area (Å²) in [4.78, 5) is 18.6. The highest BCUT2D eigenvalue weighted by Gasteiger charge is 2.30. The maximum atomic E-state index is 12.1. The number of β-amino-alcohol motifs (C(OH)–C–C–N with tert-alkyl or cyclic N) is 1. The Morgan fingerprint density at radius 2 is 2.10 bits per heavy atom. The van der Waals surface area contributed by atoms with Gasteiger partial charge < -0.3 is 14.7 Å². The molecule has 1 amide bonds. The van der Waals surface area contributed by atoms with Gasteiger partial charge in [0.05, 0.1) is 19.4 Å². The van der Waals surface area contributed by atoms with E-state index >= 15 is 0 Å². The lowest BCUT2D eigenvalue weighted by Crippen LogP contribution is -2.53. The minimum absolute atomic E-state index is 0.0624. The van der Waals surface area contributed by atoms with Crippen LogP contribution in [0.25, 0.3) is 10.6 Å². The summed E-state index contributed by atoms with van der Waals surface area (Å²) in [5.41, 5.74) is 0.957. The molecular formula is C14H14N2O3S. The number of likely N-dealkylation sites (tertiary alicyclic amines) is 1. The third-order valence-electron chi connectivity index (χ3n) is 3.20. The molecule has 2 aromatic rings. The molecule has 0 bridgehead atoms. The van der Waals surface area contributed by atoms with Crippen LogP contribution >= 0.6 is 11.3 Å². The molecule has 0 saturated carbocycles. The molecule has 2 heterocycles. The molecule has 0 spiro atoms. The van der Waals surface area contributed by atoms with E-state index < -0.39 is 0 Å². The zero-order valence-corrected chi connectivity index (χ0v) is 11.8. The molecule has 104 valence electrons. The van der Waals surface area contributed by atoms with E-state index in [-0.39, 0.29) is 12.0 Å². The predicted molar refractivity (Wildman–Crippen MR) is 76.0 cm³/mol. The SMILES string of the molecule is COc1ccc(-c2ncc(C(=O)N3CC(O)C3)s2)cc1. The number of aromatic nitrogens is 1. The van der Waals surface area contributed by atoms with Gasteiger partial charge in [0.25, 0.3) is 5.91 Å². The molecule has 6 heteroatoms. The number of nitrogens with zero attached hydrogens (tertiary/aromatic N) is 2. The van der Waals surface area contributed by atoms with Crippen LogP contribution in [0.2, 0.25) is 0 Å². The Morgan fingerprint density at radius 1 is 1.40 bits per heavy atom. The van der Waals surface area contributed by atoms with Crippen LogP contribution in [0.4, 0.5) is 0 Å². The van der Waals surface area contributed by atoms with E-state index in [9.17, 15) is 9.90 Å². The summed E-state index contributed by atoms with van der Waals surface area (Å²) in [6.45, 7) is 0.823. The van der Waals surface area contributed by atoms with E-state index in [0.717, 1.165) is 16.3 Å². The van der Waals surface area contributed by atoms with Crippen LogP contribution < -0.4 is 4.74 Å². The Bertz CT molecular complexity index is 618. The highest BCUT2D eigenvalue weighted by Crippen LogP contribution is 2.28. The molecule has 1 fully saturated rings. The van der Waals surface area contributed by atoms with Gasteiger partial charge in [-0.2, -0.15) is 0 Å². The first-order valence-electron chi connectivity index (χ1n) is 6.25. The first-order chi connectivity index (χ1) is 9.67. The number of aliphatic hydroxyl groups excluding tert-OH is 1. The van der Waals surface area contributed by atoms with Crippen LogP contribution in [0.15, 0.2) is 30.5 Å². The van der Waals surface area contributed by atoms with Crippen molar-refractivity contribution in [2.75, 3.05) is 20.2 Å². The fourth-order valence-corrected chi connectivity index (χ4v) is 2.91. The molecule has 1 aliphatic rings. The number of ether oxygens (including phenoxy) is 1. The minimum atomic E-state index is -0.382. The summed E-state index contributed by atoms with van der Waals surface area (Å²) >= 11 is 1.36. The van der Waals surface area contributed by atoms with Crippen LogP contribution in [-0.4, -0.2) is 47.2 Å². The number of thiazole rings is 1. The van der Waals surface area contributed by atoms with Crippen LogP contribution in [0.5, 0.6) is 5.75 Å². The lowest BCUT2D eigenvalue weighted by Gasteiger charge is -2.35. The van der Waals surface area contributed by atoms with Gasteiger partial charge in [-0.3, -0.25) is 4.79 Å². The van der Waals surface area contributed by atoms with Crippen molar-refractivity contribution in [3.63, 3.8) is 0 Å². The lowest BCUT2D eigenvalue weighted by molar-refractivity contribution is 0.00621. The second-order valence-corrected chi connectivity index (χ2v) is 5.65. The Hall–Kier alpha value is -1.92. The molecule has 0 atom stereocenters. The number of benzene rings is 1. The molecule has 0 unspecified atom stereocenters. The van der Waals surface area contributed by atoms with Gasteiger partial charge in [-0.1, -0.05) is 0 Å². The molecular weight excluding hydrogens is 276 g/mol. The predicted octanol–water partition coefficient (Wildman–Crippen LogP) is 1.64. The number of rotatable bonds is 3. The smallest absolute Gasteiger partial charge is 0.265 e. The zero-order chi connectivity index (χ0) is 14.1. The molecule has 1 N–H and O–H groups in total. The molecule has 1 aromatic carbocycles. The van der Waals surface area contributed by atoms with Crippen molar-refractivity contribution in [3.8, 4) is 16.3 Å². The molecule has 1 aliphatic heterocycles. The summed E-state index contributed by atoms with van der Waals surface area (Å²) in [5, 5.41) is 10.0. The third-order valence-corrected chi connectivity index (χ3v) is 4.24. The van der Waals surface area contributed by atoms with E-state index in [4.69, 9.17) is 4.74 Å². The molecule has 0 aliphatic carbocycles. The summed E-state index contributed by atoms with van der Waals surface area (Å²) in [7, 11) is 1.62. The Morgan fingerprint density at radius 3 is 2.70 bits per heavy atom. The molecule has 1 saturated heterocycles. The quantitative estimate of drug-likeness (QED) is 0.933. The molecule has 5 nitrogen and oxygen atoms in total. The van der Waals surface area contributed by atoms with Gasteiger partial charge >= 0.3 is 0 Å². The topological polar surface area (TPSA) is 62.7 Å². The summed E-state index contributed by atoms with van der Waals surface area (Å²) in [5.74, 6) is 0.726. The highest BCUT2D eigenvalue weighted by atomic mass is 32.1. The standard InChI is InChI=1S/C14H14N2O3S/c1-19-11-4-2-9(3-5-11)13-15-6-12(20-13)14(18)16-7-10(17)8-16/h2-6,10,17H,7-8H2,1H3.